The van der Waals surface area contributed by atoms with Crippen molar-refractivity contribution in [2.75, 3.05) is 22.5 Å². The molecule has 9 nitrogen and oxygen atoms in total. The second-order valence-electron chi connectivity index (χ2n) is 5.65. The lowest BCUT2D eigenvalue weighted by atomic mass is 10.2. The lowest BCUT2D eigenvalue weighted by Gasteiger charge is -2.12. The van der Waals surface area contributed by atoms with E-state index >= 15 is 0 Å². The number of amides is 2. The van der Waals surface area contributed by atoms with Crippen molar-refractivity contribution in [3.8, 4) is 0 Å². The van der Waals surface area contributed by atoms with Crippen LogP contribution < -0.4 is 15.4 Å². The normalized spacial score (nSPS) is 13.7. The van der Waals surface area contributed by atoms with Gasteiger partial charge in [-0.25, -0.2) is 13.2 Å². The lowest BCUT2D eigenvalue weighted by molar-refractivity contribution is -0.123. The zero-order valence-electron chi connectivity index (χ0n) is 14.1. The average Bonchev–Trinajstić information content (AvgIpc) is 2.76. The van der Waals surface area contributed by atoms with Crippen LogP contribution >= 0.6 is 0 Å². The number of esters is 1. The number of rotatable bonds is 4. The van der Waals surface area contributed by atoms with E-state index in [1.807, 2.05) is 0 Å². The van der Waals surface area contributed by atoms with E-state index in [1.54, 1.807) is 0 Å². The first-order chi connectivity index (χ1) is 12.8. The van der Waals surface area contributed by atoms with Crippen LogP contribution in [0.5, 0.6) is 0 Å². The third-order valence-corrected chi connectivity index (χ3v) is 5.11. The maximum absolute atomic E-state index is 12.6. The molecule has 2 amide bonds. The molecule has 27 heavy (non-hydrogen) atoms. The molecule has 1 heterocycles. The Kier molecular flexibility index (Phi) is 4.82. The smallest absolute Gasteiger partial charge is 0.337 e. The van der Waals surface area contributed by atoms with Crippen molar-refractivity contribution in [3.05, 3.63) is 48.0 Å². The quantitative estimate of drug-likeness (QED) is 0.537. The number of anilines is 3. The van der Waals surface area contributed by atoms with Crippen LogP contribution in [0.15, 0.2) is 47.4 Å². The van der Waals surface area contributed by atoms with E-state index in [-0.39, 0.29) is 28.3 Å². The largest absolute Gasteiger partial charge is 0.465 e. The topological polar surface area (TPSA) is 131 Å². The Morgan fingerprint density at radius 2 is 1.63 bits per heavy atom. The predicted octanol–water partition coefficient (Wildman–Crippen LogP) is 1.55. The van der Waals surface area contributed by atoms with Crippen LogP contribution in [0, 0.1) is 0 Å². The van der Waals surface area contributed by atoms with Gasteiger partial charge >= 0.3 is 5.97 Å². The first kappa shape index (κ1) is 18.4. The maximum atomic E-state index is 12.6. The fourth-order valence-electron chi connectivity index (χ4n) is 2.44. The number of ether oxygens (including phenoxy) is 1. The van der Waals surface area contributed by atoms with Crippen molar-refractivity contribution in [2.24, 2.45) is 0 Å². The van der Waals surface area contributed by atoms with Gasteiger partial charge < -0.3 is 15.4 Å². The molecule has 1 aliphatic heterocycles. The molecule has 0 spiro atoms. The van der Waals surface area contributed by atoms with Crippen LogP contribution in [0.25, 0.3) is 0 Å². The van der Waals surface area contributed by atoms with E-state index in [1.165, 1.54) is 49.6 Å². The van der Waals surface area contributed by atoms with E-state index in [0.29, 0.717) is 5.69 Å². The first-order valence-electron chi connectivity index (χ1n) is 7.73. The maximum Gasteiger partial charge on any atom is 0.337 e. The van der Waals surface area contributed by atoms with Gasteiger partial charge in [0.15, 0.2) is 0 Å². The van der Waals surface area contributed by atoms with E-state index < -0.39 is 27.8 Å². The minimum absolute atomic E-state index is 0.102. The van der Waals surface area contributed by atoms with Gasteiger partial charge in [-0.15, -0.1) is 0 Å². The number of hydrogen-bond acceptors (Lipinski definition) is 6. The van der Waals surface area contributed by atoms with Crippen molar-refractivity contribution in [2.45, 2.75) is 11.3 Å². The summed E-state index contributed by atoms with van der Waals surface area (Å²) in [5.41, 5.74) is 1.03. The molecule has 0 aliphatic carbocycles. The second-order valence-corrected chi connectivity index (χ2v) is 7.34. The van der Waals surface area contributed by atoms with Gasteiger partial charge in [-0.05, 0) is 42.5 Å². The average molecular weight is 389 g/mol. The third kappa shape index (κ3) is 4.06. The summed E-state index contributed by atoms with van der Waals surface area (Å²) in [6.45, 7) is 0. The van der Waals surface area contributed by atoms with Crippen LogP contribution in [0.2, 0.25) is 0 Å². The molecule has 0 aromatic heterocycles. The Morgan fingerprint density at radius 1 is 1.00 bits per heavy atom. The molecule has 0 bridgehead atoms. The zero-order chi connectivity index (χ0) is 19.6. The van der Waals surface area contributed by atoms with E-state index in [2.05, 4.69) is 20.1 Å². The molecule has 3 rings (SSSR count). The van der Waals surface area contributed by atoms with Gasteiger partial charge in [0.05, 0.1) is 28.9 Å². The molecule has 3 N–H and O–H groups in total. The molecular formula is C17H15N3O6S. The Hall–Kier alpha value is -3.40. The Labute approximate surface area is 154 Å². The van der Waals surface area contributed by atoms with E-state index in [9.17, 15) is 22.8 Å². The number of benzene rings is 2. The number of sulfonamides is 1. The van der Waals surface area contributed by atoms with Crippen LogP contribution in [0.1, 0.15) is 16.8 Å². The zero-order valence-corrected chi connectivity index (χ0v) is 14.9. The fourth-order valence-corrected chi connectivity index (χ4v) is 3.53. The highest BCUT2D eigenvalue weighted by Gasteiger charge is 2.22. The molecule has 140 valence electrons. The van der Waals surface area contributed by atoms with Crippen LogP contribution in [0.4, 0.5) is 17.1 Å². The third-order valence-electron chi connectivity index (χ3n) is 3.73. The highest BCUT2D eigenvalue weighted by molar-refractivity contribution is 7.92. The number of hydrogen-bond donors (Lipinski definition) is 3. The van der Waals surface area contributed by atoms with Gasteiger partial charge in [-0.2, -0.15) is 0 Å². The highest BCUT2D eigenvalue weighted by atomic mass is 32.2. The first-order valence-corrected chi connectivity index (χ1v) is 9.22. The summed E-state index contributed by atoms with van der Waals surface area (Å²) in [6.07, 6.45) is -0.346. The van der Waals surface area contributed by atoms with Crippen molar-refractivity contribution < 1.29 is 27.5 Å². The van der Waals surface area contributed by atoms with Crippen molar-refractivity contribution in [3.63, 3.8) is 0 Å². The Morgan fingerprint density at radius 3 is 2.26 bits per heavy atom. The minimum atomic E-state index is -3.96. The van der Waals surface area contributed by atoms with Crippen LogP contribution in [-0.4, -0.2) is 33.3 Å². The summed E-state index contributed by atoms with van der Waals surface area (Å²) in [6, 6.07) is 9.66. The summed E-state index contributed by atoms with van der Waals surface area (Å²) < 4.78 is 32.1. The molecule has 2 aromatic carbocycles. The number of methoxy groups -OCH3 is 1. The van der Waals surface area contributed by atoms with Crippen molar-refractivity contribution in [1.29, 1.82) is 0 Å². The van der Waals surface area contributed by atoms with Gasteiger partial charge in [-0.3, -0.25) is 14.3 Å². The Bertz CT molecular complexity index is 1030. The summed E-state index contributed by atoms with van der Waals surface area (Å²) in [4.78, 5) is 34.5. The molecule has 1 aliphatic rings. The van der Waals surface area contributed by atoms with Gasteiger partial charge in [0.1, 0.15) is 6.42 Å². The second kappa shape index (κ2) is 7.08. The predicted molar refractivity (Wildman–Crippen MR) is 96.9 cm³/mol. The summed E-state index contributed by atoms with van der Waals surface area (Å²) >= 11 is 0. The molecule has 0 radical (unpaired) electrons. The van der Waals surface area contributed by atoms with Crippen LogP contribution in [0.3, 0.4) is 0 Å². The molecule has 0 unspecified atom stereocenters. The minimum Gasteiger partial charge on any atom is -0.465 e. The van der Waals surface area contributed by atoms with Crippen molar-refractivity contribution in [1.82, 2.24) is 0 Å². The van der Waals surface area contributed by atoms with Crippen LogP contribution in [-0.2, 0) is 24.3 Å². The standard InChI is InChI=1S/C17H15N3O6S/c1-26-17(23)10-2-4-11(5-3-10)20-27(24,25)12-6-7-13-14(8-12)19-16(22)9-15(21)18-13/h2-8,20H,9H2,1H3,(H,18,21)(H,19,22). The number of carbonyl (C=O) groups excluding carboxylic acids is 3. The van der Waals surface area contributed by atoms with Crippen molar-refractivity contribution >= 4 is 44.9 Å². The summed E-state index contributed by atoms with van der Waals surface area (Å²) in [7, 11) is -2.71. The summed E-state index contributed by atoms with van der Waals surface area (Å²) in [5, 5.41) is 5.01. The molecule has 0 saturated heterocycles. The number of fused-ring (bicyclic) bond motifs is 1. The van der Waals surface area contributed by atoms with Gasteiger partial charge in [0, 0.05) is 5.69 Å². The fraction of sp³-hybridized carbons (Fsp3) is 0.118. The van der Waals surface area contributed by atoms with E-state index in [4.69, 9.17) is 0 Å². The highest BCUT2D eigenvalue weighted by Crippen LogP contribution is 2.28. The molecular weight excluding hydrogens is 374 g/mol. The monoisotopic (exact) mass is 389 g/mol. The molecule has 0 atom stereocenters. The summed E-state index contributed by atoms with van der Waals surface area (Å²) in [5.74, 6) is -1.55. The SMILES string of the molecule is COC(=O)c1ccc(NS(=O)(=O)c2ccc3c(c2)NC(=O)CC(=O)N3)cc1. The molecule has 0 fully saturated rings. The van der Waals surface area contributed by atoms with Gasteiger partial charge in [0.25, 0.3) is 10.0 Å². The number of carbonyl (C=O) groups is 3. The van der Waals surface area contributed by atoms with Gasteiger partial charge in [0.2, 0.25) is 11.8 Å². The molecule has 0 saturated carbocycles. The molecule has 10 heteroatoms. The molecule has 2 aromatic rings. The lowest BCUT2D eigenvalue weighted by Crippen LogP contribution is -2.16. The number of nitrogens with one attached hydrogen (secondary N) is 3. The van der Waals surface area contributed by atoms with Gasteiger partial charge in [-0.1, -0.05) is 0 Å². The van der Waals surface area contributed by atoms with E-state index in [0.717, 1.165) is 0 Å². The Balaban J connectivity index is 1.86.